The molecule has 0 bridgehead atoms. The molecule has 0 unspecified atom stereocenters. The van der Waals surface area contributed by atoms with Crippen molar-refractivity contribution >= 4 is 92.5 Å². The van der Waals surface area contributed by atoms with Gasteiger partial charge >= 0.3 is 5.97 Å². The second kappa shape index (κ2) is 15.8. The van der Waals surface area contributed by atoms with E-state index in [9.17, 15) is 9.59 Å². The SMILES string of the molecule is O=C(O)CN1C(=O)C(=Cc2ccc(N(c3ccccc3)c3ccc(C=Cc4ccc(N(c5ccccc5)c5ccccc5)cc4)cc3)cc2)SC1=S. The number of carbonyl (C=O) groups is 2. The summed E-state index contributed by atoms with van der Waals surface area (Å²) in [6.45, 7) is -0.447. The van der Waals surface area contributed by atoms with Crippen molar-refractivity contribution in [2.45, 2.75) is 0 Å². The maximum atomic E-state index is 12.8. The molecule has 0 spiro atoms. The van der Waals surface area contributed by atoms with E-state index in [4.69, 9.17) is 17.3 Å². The number of carbonyl (C=O) groups excluding carboxylic acids is 1. The number of nitrogens with zero attached hydrogens (tertiary/aromatic N) is 3. The minimum atomic E-state index is -1.10. The number of hydrogen-bond donors (Lipinski definition) is 1. The molecule has 1 aliphatic heterocycles. The maximum Gasteiger partial charge on any atom is 0.323 e. The van der Waals surface area contributed by atoms with Crippen molar-refractivity contribution in [1.82, 2.24) is 4.90 Å². The lowest BCUT2D eigenvalue weighted by molar-refractivity contribution is -0.140. The van der Waals surface area contributed by atoms with E-state index in [0.717, 1.165) is 67.5 Å². The fourth-order valence-electron chi connectivity index (χ4n) is 5.93. The Morgan fingerprint density at radius 3 is 1.27 bits per heavy atom. The van der Waals surface area contributed by atoms with Crippen molar-refractivity contribution in [1.29, 1.82) is 0 Å². The molecule has 254 valence electrons. The van der Waals surface area contributed by atoms with Crippen LogP contribution >= 0.6 is 24.0 Å². The Morgan fingerprint density at radius 2 is 0.904 bits per heavy atom. The maximum absolute atomic E-state index is 12.8. The van der Waals surface area contributed by atoms with Crippen LogP contribution in [0.2, 0.25) is 0 Å². The van der Waals surface area contributed by atoms with Crippen LogP contribution in [0.5, 0.6) is 0 Å². The molecule has 52 heavy (non-hydrogen) atoms. The lowest BCUT2D eigenvalue weighted by atomic mass is 10.1. The Bertz CT molecular complexity index is 2200. The summed E-state index contributed by atoms with van der Waals surface area (Å²) in [5.41, 5.74) is 9.23. The molecule has 1 saturated heterocycles. The summed E-state index contributed by atoms with van der Waals surface area (Å²) in [7, 11) is 0. The fourth-order valence-corrected chi connectivity index (χ4v) is 7.18. The molecular weight excluding hydrogens is 683 g/mol. The van der Waals surface area contributed by atoms with E-state index < -0.39 is 18.4 Å². The van der Waals surface area contributed by atoms with Gasteiger partial charge in [-0.25, -0.2) is 0 Å². The smallest absolute Gasteiger partial charge is 0.323 e. The first-order valence-corrected chi connectivity index (χ1v) is 17.9. The first kappa shape index (κ1) is 34.2. The number of thiocarbonyl (C=S) groups is 1. The highest BCUT2D eigenvalue weighted by atomic mass is 32.2. The van der Waals surface area contributed by atoms with Gasteiger partial charge in [0, 0.05) is 34.1 Å². The highest BCUT2D eigenvalue weighted by Gasteiger charge is 2.33. The highest BCUT2D eigenvalue weighted by molar-refractivity contribution is 8.26. The highest BCUT2D eigenvalue weighted by Crippen LogP contribution is 2.37. The van der Waals surface area contributed by atoms with E-state index in [-0.39, 0.29) is 4.32 Å². The molecule has 0 radical (unpaired) electrons. The van der Waals surface area contributed by atoms with Crippen molar-refractivity contribution < 1.29 is 14.7 Å². The Hall–Kier alpha value is -6.22. The van der Waals surface area contributed by atoms with Gasteiger partial charge < -0.3 is 14.9 Å². The monoisotopic (exact) mass is 715 g/mol. The molecule has 1 aliphatic rings. The van der Waals surface area contributed by atoms with E-state index in [1.807, 2.05) is 54.6 Å². The van der Waals surface area contributed by atoms with E-state index in [1.54, 1.807) is 6.08 Å². The molecule has 1 amide bonds. The van der Waals surface area contributed by atoms with Gasteiger partial charge in [0.25, 0.3) is 5.91 Å². The van der Waals surface area contributed by atoms with Gasteiger partial charge in [-0.15, -0.1) is 0 Å². The molecule has 1 N–H and O–H groups in total. The average molecular weight is 716 g/mol. The number of benzene rings is 6. The molecule has 1 heterocycles. The lowest BCUT2D eigenvalue weighted by Crippen LogP contribution is -2.33. The van der Waals surface area contributed by atoms with Crippen LogP contribution in [0.1, 0.15) is 16.7 Å². The van der Waals surface area contributed by atoms with Gasteiger partial charge in [-0.2, -0.15) is 0 Å². The summed E-state index contributed by atoms with van der Waals surface area (Å²) in [6, 6.07) is 55.8. The number of carboxylic acid groups (broad SMARTS) is 1. The summed E-state index contributed by atoms with van der Waals surface area (Å²) in [6.07, 6.45) is 5.98. The standard InChI is InChI=1S/C44H33N3O3S2/c48-42(49)31-45-43(50)41(52-44(45)51)30-34-22-28-40(29-23-34)47(37-14-8-3-9-15-37)39-26-20-33(21-27-39)17-16-32-18-24-38(25-19-32)46(35-10-4-1-5-11-35)36-12-6-2-7-13-36/h1-30H,31H2,(H,48,49). The third-order valence-corrected chi connectivity index (χ3v) is 9.81. The Morgan fingerprint density at radius 1 is 0.558 bits per heavy atom. The third-order valence-electron chi connectivity index (χ3n) is 8.43. The summed E-state index contributed by atoms with van der Waals surface area (Å²) in [4.78, 5) is 29.9. The first-order valence-electron chi connectivity index (χ1n) is 16.6. The minimum Gasteiger partial charge on any atom is -0.480 e. The van der Waals surface area contributed by atoms with E-state index in [0.29, 0.717) is 4.91 Å². The van der Waals surface area contributed by atoms with Gasteiger partial charge in [-0.1, -0.05) is 127 Å². The first-order chi connectivity index (χ1) is 25.4. The number of rotatable bonds is 11. The number of thioether (sulfide) groups is 1. The predicted molar refractivity (Wildman–Crippen MR) is 219 cm³/mol. The summed E-state index contributed by atoms with van der Waals surface area (Å²) in [5, 5.41) is 9.14. The van der Waals surface area contributed by atoms with Gasteiger partial charge in [0.15, 0.2) is 0 Å². The third kappa shape index (κ3) is 7.89. The molecule has 6 aromatic carbocycles. The second-order valence-electron chi connectivity index (χ2n) is 11.9. The van der Waals surface area contributed by atoms with Crippen molar-refractivity contribution in [3.8, 4) is 0 Å². The number of aliphatic carboxylic acids is 1. The number of anilines is 6. The molecule has 8 heteroatoms. The van der Waals surface area contributed by atoms with Crippen molar-refractivity contribution in [2.75, 3.05) is 16.3 Å². The van der Waals surface area contributed by atoms with Crippen LogP contribution in [0.3, 0.4) is 0 Å². The predicted octanol–water partition coefficient (Wildman–Crippen LogP) is 11.1. The largest absolute Gasteiger partial charge is 0.480 e. The van der Waals surface area contributed by atoms with Crippen LogP contribution in [0.4, 0.5) is 34.1 Å². The van der Waals surface area contributed by atoms with Crippen LogP contribution in [-0.4, -0.2) is 32.7 Å². The fraction of sp³-hybridized carbons (Fsp3) is 0.0227. The molecular formula is C44H33N3O3S2. The van der Waals surface area contributed by atoms with Gasteiger partial charge in [0.2, 0.25) is 0 Å². The number of carboxylic acids is 1. The summed E-state index contributed by atoms with van der Waals surface area (Å²) in [5.74, 6) is -1.50. The Balaban J connectivity index is 1.09. The minimum absolute atomic E-state index is 0.246. The van der Waals surface area contributed by atoms with Crippen molar-refractivity contribution in [2.24, 2.45) is 0 Å². The molecule has 6 nitrogen and oxygen atoms in total. The number of para-hydroxylation sites is 3. The van der Waals surface area contributed by atoms with Gasteiger partial charge in [-0.05, 0) is 95.6 Å². The van der Waals surface area contributed by atoms with Crippen LogP contribution in [0.15, 0.2) is 169 Å². The van der Waals surface area contributed by atoms with Crippen LogP contribution in [0.25, 0.3) is 18.2 Å². The summed E-state index contributed by atoms with van der Waals surface area (Å²) >= 11 is 6.35. The molecule has 1 fully saturated rings. The molecule has 6 aromatic rings. The summed E-state index contributed by atoms with van der Waals surface area (Å²) < 4.78 is 0.246. The number of amides is 1. The molecule has 0 aromatic heterocycles. The molecule has 0 aliphatic carbocycles. The Kier molecular flexibility index (Phi) is 10.4. The van der Waals surface area contributed by atoms with Crippen LogP contribution in [-0.2, 0) is 9.59 Å². The van der Waals surface area contributed by atoms with E-state index >= 15 is 0 Å². The Labute approximate surface area is 312 Å². The van der Waals surface area contributed by atoms with Crippen LogP contribution in [0, 0.1) is 0 Å². The van der Waals surface area contributed by atoms with E-state index in [2.05, 4.69) is 131 Å². The molecule has 0 saturated carbocycles. The zero-order chi connectivity index (χ0) is 35.9. The quantitative estimate of drug-likeness (QED) is 0.0814. The zero-order valence-corrected chi connectivity index (χ0v) is 29.6. The normalized spacial score (nSPS) is 13.5. The van der Waals surface area contributed by atoms with Crippen molar-refractivity contribution in [3.63, 3.8) is 0 Å². The average Bonchev–Trinajstić information content (AvgIpc) is 3.44. The van der Waals surface area contributed by atoms with Gasteiger partial charge in [-0.3, -0.25) is 14.5 Å². The molecule has 7 rings (SSSR count). The lowest BCUT2D eigenvalue weighted by Gasteiger charge is -2.25. The second-order valence-corrected chi connectivity index (χ2v) is 13.6. The zero-order valence-electron chi connectivity index (χ0n) is 27.9. The van der Waals surface area contributed by atoms with Crippen LogP contribution < -0.4 is 9.80 Å². The van der Waals surface area contributed by atoms with Gasteiger partial charge in [0.05, 0.1) is 4.91 Å². The number of hydrogen-bond acceptors (Lipinski definition) is 6. The van der Waals surface area contributed by atoms with E-state index in [1.165, 1.54) is 0 Å². The topological polar surface area (TPSA) is 64.1 Å². The molecule has 0 atom stereocenters. The van der Waals surface area contributed by atoms with Gasteiger partial charge in [0.1, 0.15) is 10.9 Å². The van der Waals surface area contributed by atoms with Crippen molar-refractivity contribution in [3.05, 3.63) is 185 Å².